The minimum absolute atomic E-state index is 0.659. The van der Waals surface area contributed by atoms with Gasteiger partial charge in [-0.1, -0.05) is 18.2 Å². The molecule has 136 valence electrons. The van der Waals surface area contributed by atoms with Crippen LogP contribution < -0.4 is 16.0 Å². The van der Waals surface area contributed by atoms with Gasteiger partial charge in [0.05, 0.1) is 13.2 Å². The van der Waals surface area contributed by atoms with Crippen LogP contribution in [-0.4, -0.2) is 39.3 Å². The van der Waals surface area contributed by atoms with E-state index in [1.165, 1.54) is 10.4 Å². The highest BCUT2D eigenvalue weighted by atomic mass is 32.1. The second kappa shape index (κ2) is 11.5. The van der Waals surface area contributed by atoms with Gasteiger partial charge < -0.3 is 20.7 Å². The largest absolute Gasteiger partial charge is 0.383 e. The molecule has 3 N–H and O–H groups in total. The summed E-state index contributed by atoms with van der Waals surface area (Å²) in [4.78, 5) is 6.05. The van der Waals surface area contributed by atoms with E-state index in [1.54, 1.807) is 18.4 Å². The maximum atomic E-state index is 5.04. The molecule has 2 rings (SSSR count). The third kappa shape index (κ3) is 7.58. The second-order valence-corrected chi connectivity index (χ2v) is 6.60. The molecule has 0 atom stereocenters. The van der Waals surface area contributed by atoms with E-state index in [1.807, 2.05) is 0 Å². The van der Waals surface area contributed by atoms with Crippen molar-refractivity contribution in [2.75, 3.05) is 38.7 Å². The monoisotopic (exact) mass is 360 g/mol. The molecule has 1 aromatic carbocycles. The van der Waals surface area contributed by atoms with Crippen LogP contribution in [0.15, 0.2) is 46.8 Å². The van der Waals surface area contributed by atoms with E-state index in [-0.39, 0.29) is 0 Å². The molecule has 0 aliphatic heterocycles. The van der Waals surface area contributed by atoms with E-state index in [0.717, 1.165) is 37.7 Å². The first-order chi connectivity index (χ1) is 12.3. The second-order valence-electron chi connectivity index (χ2n) is 5.57. The smallest absolute Gasteiger partial charge is 0.191 e. The standard InChI is InChI=1S/C19H28N4OS/c1-3-20-19(22-11-10-18-5-4-14-25-18)23-15-16-6-8-17(9-7-16)21-12-13-24-2/h4-9,14,21H,3,10-13,15H2,1-2H3,(H2,20,22,23). The summed E-state index contributed by atoms with van der Waals surface area (Å²) in [6.07, 6.45) is 1.02. The van der Waals surface area contributed by atoms with Crippen LogP contribution >= 0.6 is 11.3 Å². The van der Waals surface area contributed by atoms with Crippen molar-refractivity contribution in [1.82, 2.24) is 10.6 Å². The van der Waals surface area contributed by atoms with Gasteiger partial charge in [0, 0.05) is 37.3 Å². The Hall–Kier alpha value is -2.05. The Morgan fingerprint density at radius 2 is 1.96 bits per heavy atom. The zero-order valence-corrected chi connectivity index (χ0v) is 15.9. The van der Waals surface area contributed by atoms with Crippen molar-refractivity contribution in [3.8, 4) is 0 Å². The van der Waals surface area contributed by atoms with Gasteiger partial charge in [0.1, 0.15) is 0 Å². The summed E-state index contributed by atoms with van der Waals surface area (Å²) >= 11 is 1.79. The Morgan fingerprint density at radius 1 is 1.12 bits per heavy atom. The van der Waals surface area contributed by atoms with Gasteiger partial charge in [-0.3, -0.25) is 0 Å². The van der Waals surface area contributed by atoms with Crippen molar-refractivity contribution in [1.29, 1.82) is 0 Å². The Morgan fingerprint density at radius 3 is 2.64 bits per heavy atom. The van der Waals surface area contributed by atoms with E-state index in [2.05, 4.69) is 69.6 Å². The summed E-state index contributed by atoms with van der Waals surface area (Å²) in [5.41, 5.74) is 2.29. The van der Waals surface area contributed by atoms with Crippen molar-refractivity contribution in [3.05, 3.63) is 52.2 Å². The summed E-state index contributed by atoms with van der Waals surface area (Å²) in [5.74, 6) is 0.862. The molecule has 0 unspecified atom stereocenters. The molecular weight excluding hydrogens is 332 g/mol. The zero-order chi connectivity index (χ0) is 17.7. The van der Waals surface area contributed by atoms with Crippen LogP contribution in [0.2, 0.25) is 0 Å². The molecule has 6 heteroatoms. The SMILES string of the molecule is CCNC(=NCc1ccc(NCCOC)cc1)NCCc1cccs1. The van der Waals surface area contributed by atoms with E-state index in [4.69, 9.17) is 4.74 Å². The van der Waals surface area contributed by atoms with Crippen molar-refractivity contribution < 1.29 is 4.74 Å². The number of aliphatic imine (C=N–C) groups is 1. The average molecular weight is 361 g/mol. The minimum atomic E-state index is 0.659. The van der Waals surface area contributed by atoms with Gasteiger partial charge >= 0.3 is 0 Å². The predicted molar refractivity (Wildman–Crippen MR) is 108 cm³/mol. The average Bonchev–Trinajstić information content (AvgIpc) is 3.14. The number of methoxy groups -OCH3 is 1. The fourth-order valence-electron chi connectivity index (χ4n) is 2.30. The highest BCUT2D eigenvalue weighted by Crippen LogP contribution is 2.10. The number of nitrogens with one attached hydrogen (secondary N) is 3. The highest BCUT2D eigenvalue weighted by molar-refractivity contribution is 7.09. The maximum Gasteiger partial charge on any atom is 0.191 e. The van der Waals surface area contributed by atoms with Crippen LogP contribution in [0.3, 0.4) is 0 Å². The fourth-order valence-corrected chi connectivity index (χ4v) is 3.01. The number of hydrogen-bond donors (Lipinski definition) is 3. The van der Waals surface area contributed by atoms with E-state index in [0.29, 0.717) is 13.2 Å². The number of guanidine groups is 1. The first-order valence-corrected chi connectivity index (χ1v) is 9.56. The molecule has 0 bridgehead atoms. The third-order valence-electron chi connectivity index (χ3n) is 3.60. The first kappa shape index (κ1) is 19.3. The number of thiophene rings is 1. The van der Waals surface area contributed by atoms with Crippen LogP contribution in [0.1, 0.15) is 17.4 Å². The summed E-state index contributed by atoms with van der Waals surface area (Å²) in [6.45, 7) is 5.99. The predicted octanol–water partition coefficient (Wildman–Crippen LogP) is 3.10. The Bertz CT molecular complexity index is 611. The highest BCUT2D eigenvalue weighted by Gasteiger charge is 1.99. The molecule has 0 saturated heterocycles. The van der Waals surface area contributed by atoms with Crippen LogP contribution in [0.25, 0.3) is 0 Å². The molecule has 1 aromatic heterocycles. The molecule has 25 heavy (non-hydrogen) atoms. The van der Waals surface area contributed by atoms with Crippen LogP contribution in [0, 0.1) is 0 Å². The molecule has 0 spiro atoms. The number of anilines is 1. The maximum absolute atomic E-state index is 5.04. The van der Waals surface area contributed by atoms with Crippen molar-refractivity contribution in [3.63, 3.8) is 0 Å². The zero-order valence-electron chi connectivity index (χ0n) is 15.0. The topological polar surface area (TPSA) is 57.7 Å². The Balaban J connectivity index is 1.80. The lowest BCUT2D eigenvalue weighted by atomic mass is 10.2. The van der Waals surface area contributed by atoms with Gasteiger partial charge in [-0.2, -0.15) is 0 Å². The number of ether oxygens (including phenoxy) is 1. The summed E-state index contributed by atoms with van der Waals surface area (Å²) in [7, 11) is 1.71. The van der Waals surface area contributed by atoms with Gasteiger partial charge in [-0.05, 0) is 42.5 Å². The van der Waals surface area contributed by atoms with E-state index >= 15 is 0 Å². The quantitative estimate of drug-likeness (QED) is 0.346. The summed E-state index contributed by atoms with van der Waals surface area (Å²) in [5, 5.41) is 12.1. The minimum Gasteiger partial charge on any atom is -0.383 e. The molecule has 0 aliphatic rings. The lowest BCUT2D eigenvalue weighted by molar-refractivity contribution is 0.211. The molecule has 5 nitrogen and oxygen atoms in total. The van der Waals surface area contributed by atoms with Gasteiger partial charge in [-0.15, -0.1) is 11.3 Å². The lowest BCUT2D eigenvalue weighted by Gasteiger charge is -2.11. The van der Waals surface area contributed by atoms with Crippen LogP contribution in [-0.2, 0) is 17.7 Å². The van der Waals surface area contributed by atoms with Crippen molar-refractivity contribution >= 4 is 23.0 Å². The molecule has 0 fully saturated rings. The normalized spacial score (nSPS) is 11.4. The summed E-state index contributed by atoms with van der Waals surface area (Å²) in [6, 6.07) is 12.6. The fraction of sp³-hybridized carbons (Fsp3) is 0.421. The Labute approximate surface area is 154 Å². The number of hydrogen-bond acceptors (Lipinski definition) is 4. The number of rotatable bonds is 10. The van der Waals surface area contributed by atoms with Crippen LogP contribution in [0.5, 0.6) is 0 Å². The number of benzene rings is 1. The Kier molecular flexibility index (Phi) is 8.86. The molecule has 2 aromatic rings. The van der Waals surface area contributed by atoms with E-state index < -0.39 is 0 Å². The van der Waals surface area contributed by atoms with Gasteiger partial charge in [0.25, 0.3) is 0 Å². The first-order valence-electron chi connectivity index (χ1n) is 8.68. The molecule has 1 heterocycles. The molecule has 0 aliphatic carbocycles. The molecule has 0 saturated carbocycles. The van der Waals surface area contributed by atoms with Gasteiger partial charge in [0.2, 0.25) is 0 Å². The third-order valence-corrected chi connectivity index (χ3v) is 4.53. The van der Waals surface area contributed by atoms with Crippen LogP contribution in [0.4, 0.5) is 5.69 Å². The molecular formula is C19H28N4OS. The van der Waals surface area contributed by atoms with E-state index in [9.17, 15) is 0 Å². The lowest BCUT2D eigenvalue weighted by Crippen LogP contribution is -2.38. The van der Waals surface area contributed by atoms with Crippen molar-refractivity contribution in [2.24, 2.45) is 4.99 Å². The van der Waals surface area contributed by atoms with Gasteiger partial charge in [-0.25, -0.2) is 4.99 Å². The van der Waals surface area contributed by atoms with Crippen molar-refractivity contribution in [2.45, 2.75) is 19.9 Å². The summed E-state index contributed by atoms with van der Waals surface area (Å²) < 4.78 is 5.04. The number of nitrogens with zero attached hydrogens (tertiary/aromatic N) is 1. The molecule has 0 amide bonds. The molecule has 0 radical (unpaired) electrons. The van der Waals surface area contributed by atoms with Gasteiger partial charge in [0.15, 0.2) is 5.96 Å².